The molecule has 1 aliphatic heterocycles. The number of amides is 1. The van der Waals surface area contributed by atoms with E-state index in [9.17, 15) is 4.79 Å². The fourth-order valence-corrected chi connectivity index (χ4v) is 5.30. The second-order valence-electron chi connectivity index (χ2n) is 9.48. The highest BCUT2D eigenvalue weighted by atomic mass is 79.9. The topological polar surface area (TPSA) is 58.1 Å². The van der Waals surface area contributed by atoms with Crippen LogP contribution in [0.4, 0.5) is 16.2 Å². The molecule has 0 N–H and O–H groups in total. The van der Waals surface area contributed by atoms with E-state index in [4.69, 9.17) is 14.5 Å². The van der Waals surface area contributed by atoms with Gasteiger partial charge < -0.3 is 41.2 Å². The molecule has 1 amide bonds. The Balaban J connectivity index is 0.00000342. The van der Waals surface area contributed by atoms with E-state index in [0.717, 1.165) is 53.3 Å². The Bertz CT molecular complexity index is 1190. The Kier molecular flexibility index (Phi) is 8.64. The van der Waals surface area contributed by atoms with E-state index in [-0.39, 0.29) is 23.1 Å². The average Bonchev–Trinajstić information content (AvgIpc) is 2.81. The fraction of sp³-hybridized carbons (Fsp3) is 0.500. The molecule has 0 aliphatic carbocycles. The lowest BCUT2D eigenvalue weighted by atomic mass is 10.2. The van der Waals surface area contributed by atoms with Crippen LogP contribution in [0, 0.1) is 0 Å². The lowest BCUT2D eigenvalue weighted by Gasteiger charge is -2.37. The number of piperazine rings is 1. The van der Waals surface area contributed by atoms with E-state index >= 15 is 0 Å². The largest absolute Gasteiger partial charge is 1.00 e. The number of rotatable bonds is 5. The first kappa shape index (κ1) is 27.2. The molecule has 1 fully saturated rings. The van der Waals surface area contributed by atoms with E-state index in [2.05, 4.69) is 47.9 Å². The first-order valence-electron chi connectivity index (χ1n) is 12.0. The monoisotopic (exact) mass is 562 g/mol. The van der Waals surface area contributed by atoms with Crippen LogP contribution in [0.5, 0.6) is 5.75 Å². The van der Waals surface area contributed by atoms with Crippen molar-refractivity contribution >= 4 is 49.2 Å². The van der Waals surface area contributed by atoms with Gasteiger partial charge in [0, 0.05) is 63.2 Å². The van der Waals surface area contributed by atoms with Crippen LogP contribution in [-0.4, -0.2) is 68.0 Å². The van der Waals surface area contributed by atoms with Crippen molar-refractivity contribution in [3.63, 3.8) is 0 Å². The molecule has 9 heteroatoms. The molecule has 0 atom stereocenters. The van der Waals surface area contributed by atoms with Crippen molar-refractivity contribution in [2.45, 2.75) is 40.2 Å². The van der Waals surface area contributed by atoms with E-state index < -0.39 is 5.60 Å². The SMILES string of the molecule is CCN(CC)c1ccc2nc3cc(OC)c(N4CCN(C(=O)OC(C)(C)C)CC4)cc3[s+]c2c1.[Br-]. The number of methoxy groups -OCH3 is 1. The summed E-state index contributed by atoms with van der Waals surface area (Å²) in [5.74, 6) is 0.803. The zero-order valence-corrected chi connectivity index (χ0v) is 23.8. The minimum absolute atomic E-state index is 0. The Labute approximate surface area is 222 Å². The normalized spacial score (nSPS) is 14.1. The third-order valence-electron chi connectivity index (χ3n) is 6.07. The summed E-state index contributed by atoms with van der Waals surface area (Å²) in [6.45, 7) is 14.7. The molecule has 0 spiro atoms. The van der Waals surface area contributed by atoms with E-state index in [1.807, 2.05) is 26.8 Å². The molecule has 0 saturated carbocycles. The third-order valence-corrected chi connectivity index (χ3v) is 7.16. The molecule has 7 nitrogen and oxygen atoms in total. The Morgan fingerprint density at radius 2 is 1.69 bits per heavy atom. The lowest BCUT2D eigenvalue weighted by molar-refractivity contribution is -0.0000508. The van der Waals surface area contributed by atoms with Crippen LogP contribution in [0.3, 0.4) is 0 Å². The van der Waals surface area contributed by atoms with Crippen LogP contribution in [0.1, 0.15) is 34.6 Å². The minimum Gasteiger partial charge on any atom is -1.00 e. The van der Waals surface area contributed by atoms with Crippen molar-refractivity contribution < 1.29 is 31.2 Å². The molecule has 2 heterocycles. The number of anilines is 2. The summed E-state index contributed by atoms with van der Waals surface area (Å²) in [5.41, 5.74) is 3.70. The van der Waals surface area contributed by atoms with Gasteiger partial charge >= 0.3 is 6.09 Å². The average molecular weight is 564 g/mol. The fourth-order valence-electron chi connectivity index (χ4n) is 4.29. The summed E-state index contributed by atoms with van der Waals surface area (Å²) in [4.78, 5) is 23.8. The molecule has 3 aromatic rings. The molecule has 1 aliphatic rings. The van der Waals surface area contributed by atoms with Crippen molar-refractivity contribution in [3.8, 4) is 5.75 Å². The highest BCUT2D eigenvalue weighted by molar-refractivity contribution is 7.24. The molecule has 1 saturated heterocycles. The standard InChI is InChI=1S/C26H35N4O3S.BrH/c1-7-28(8-2)18-9-10-19-23(15-18)34-24-17-21(22(32-6)16-20(24)27-19)29-11-13-30(14-12-29)25(31)33-26(3,4)5;/h9-10,15-17H,7-8,11-14H2,1-6H3;1H/q+1;/p-1. The predicted octanol–water partition coefficient (Wildman–Crippen LogP) is 2.65. The lowest BCUT2D eigenvalue weighted by Crippen LogP contribution is -3.00. The number of hydrogen-bond acceptors (Lipinski definition) is 6. The second kappa shape index (κ2) is 11.1. The summed E-state index contributed by atoms with van der Waals surface area (Å²) < 4.78 is 13.6. The number of fused-ring (bicyclic) bond motifs is 2. The molecule has 2 aromatic carbocycles. The summed E-state index contributed by atoms with van der Waals surface area (Å²) in [7, 11) is 1.70. The number of aromatic nitrogens is 1. The van der Waals surface area contributed by atoms with Crippen LogP contribution in [0.25, 0.3) is 20.4 Å². The van der Waals surface area contributed by atoms with Crippen LogP contribution in [0.15, 0.2) is 30.3 Å². The van der Waals surface area contributed by atoms with E-state index in [0.29, 0.717) is 13.1 Å². The highest BCUT2D eigenvalue weighted by Crippen LogP contribution is 2.37. The number of hydrogen-bond donors (Lipinski definition) is 0. The Morgan fingerprint density at radius 1 is 1.03 bits per heavy atom. The van der Waals surface area contributed by atoms with Gasteiger partial charge in [0.1, 0.15) is 22.4 Å². The van der Waals surface area contributed by atoms with Gasteiger partial charge in [-0.15, -0.1) is 0 Å². The van der Waals surface area contributed by atoms with Gasteiger partial charge in [-0.05, 0) is 46.8 Å². The summed E-state index contributed by atoms with van der Waals surface area (Å²) in [6, 6.07) is 10.7. The number of nitrogens with zero attached hydrogens (tertiary/aromatic N) is 4. The number of halogens is 1. The van der Waals surface area contributed by atoms with Crippen molar-refractivity contribution in [1.29, 1.82) is 0 Å². The maximum Gasteiger partial charge on any atom is 0.410 e. The van der Waals surface area contributed by atoms with Gasteiger partial charge in [0.15, 0.2) is 0 Å². The van der Waals surface area contributed by atoms with Gasteiger partial charge in [-0.25, -0.2) is 9.78 Å². The predicted molar refractivity (Wildman–Crippen MR) is 142 cm³/mol. The number of ether oxygens (including phenoxy) is 2. The smallest absolute Gasteiger partial charge is 0.410 e. The maximum atomic E-state index is 12.4. The number of carbonyl (C=O) groups is 1. The van der Waals surface area contributed by atoms with Gasteiger partial charge in [0.05, 0.1) is 12.8 Å². The summed E-state index contributed by atoms with van der Waals surface area (Å²) in [5, 5.41) is 0. The molecule has 190 valence electrons. The zero-order valence-electron chi connectivity index (χ0n) is 21.4. The van der Waals surface area contributed by atoms with Gasteiger partial charge in [0.2, 0.25) is 11.3 Å². The number of carbonyl (C=O) groups excluding carboxylic acids is 1. The van der Waals surface area contributed by atoms with E-state index in [1.165, 1.54) is 10.4 Å². The summed E-state index contributed by atoms with van der Waals surface area (Å²) in [6.07, 6.45) is -0.250. The van der Waals surface area contributed by atoms with Crippen molar-refractivity contribution in [2.24, 2.45) is 0 Å². The molecule has 0 unspecified atom stereocenters. The minimum atomic E-state index is -0.488. The van der Waals surface area contributed by atoms with Crippen LogP contribution >= 0.6 is 11.3 Å². The first-order chi connectivity index (χ1) is 16.2. The molecule has 4 rings (SSSR count). The molecule has 0 radical (unpaired) electrons. The van der Waals surface area contributed by atoms with Crippen LogP contribution in [-0.2, 0) is 4.74 Å². The third kappa shape index (κ3) is 6.06. The van der Waals surface area contributed by atoms with Gasteiger partial charge in [-0.3, -0.25) is 0 Å². The Hall–Kier alpha value is -2.39. The maximum absolute atomic E-state index is 12.4. The molecule has 35 heavy (non-hydrogen) atoms. The van der Waals surface area contributed by atoms with E-state index in [1.54, 1.807) is 23.3 Å². The first-order valence-corrected chi connectivity index (χ1v) is 12.8. The second-order valence-corrected chi connectivity index (χ2v) is 10.6. The number of benzene rings is 2. The van der Waals surface area contributed by atoms with Crippen LogP contribution < -0.4 is 31.5 Å². The van der Waals surface area contributed by atoms with Crippen LogP contribution in [0.2, 0.25) is 0 Å². The molecular formula is C26H35BrN4O3S. The highest BCUT2D eigenvalue weighted by Gasteiger charge is 2.28. The molecule has 0 bridgehead atoms. The van der Waals surface area contributed by atoms with Crippen molar-refractivity contribution in [2.75, 3.05) is 56.2 Å². The quantitative estimate of drug-likeness (QED) is 0.352. The molecular weight excluding hydrogens is 528 g/mol. The van der Waals surface area contributed by atoms with Gasteiger partial charge in [0.25, 0.3) is 9.40 Å². The Morgan fingerprint density at radius 3 is 2.29 bits per heavy atom. The molecule has 1 aromatic heterocycles. The van der Waals surface area contributed by atoms with Gasteiger partial charge in [-0.2, -0.15) is 0 Å². The van der Waals surface area contributed by atoms with Crippen molar-refractivity contribution in [3.05, 3.63) is 30.3 Å². The van der Waals surface area contributed by atoms with Gasteiger partial charge in [-0.1, -0.05) is 0 Å². The zero-order chi connectivity index (χ0) is 24.5. The van der Waals surface area contributed by atoms with Crippen molar-refractivity contribution in [1.82, 2.24) is 9.88 Å². The summed E-state index contributed by atoms with van der Waals surface area (Å²) >= 11 is 1.76.